The highest BCUT2D eigenvalue weighted by molar-refractivity contribution is 7.87. The molecule has 0 saturated carbocycles. The molecule has 0 radical (unpaired) electrons. The molecule has 3 aromatic rings. The van der Waals surface area contributed by atoms with Crippen molar-refractivity contribution in [2.24, 2.45) is 0 Å². The smallest absolute Gasteiger partial charge is 0.340 e. The van der Waals surface area contributed by atoms with E-state index in [2.05, 4.69) is 15.3 Å². The Hall–Kier alpha value is -3.00. The molecule has 7 nitrogen and oxygen atoms in total. The van der Waals surface area contributed by atoms with Gasteiger partial charge in [-0.2, -0.15) is 13.4 Å². The standard InChI is InChI=1S/C20H21N3O4S/c1-12(2)15-7-10-17-18(11-15)22-20(21-14(4)24)23-19(17)27-28(25,26)16-8-5-13(3)6-9-16/h5-12H,1-4H3,(H,21,22,23,24). The zero-order valence-electron chi connectivity index (χ0n) is 16.1. The van der Waals surface area contributed by atoms with Gasteiger partial charge in [0.1, 0.15) is 4.90 Å². The molecule has 0 bridgehead atoms. The molecule has 0 aliphatic heterocycles. The first-order valence-corrected chi connectivity index (χ1v) is 10.2. The van der Waals surface area contributed by atoms with E-state index in [1.54, 1.807) is 18.2 Å². The molecule has 3 rings (SSSR count). The fourth-order valence-electron chi connectivity index (χ4n) is 2.61. The number of aromatic nitrogens is 2. The summed E-state index contributed by atoms with van der Waals surface area (Å²) in [4.78, 5) is 19.9. The number of hydrogen-bond donors (Lipinski definition) is 1. The summed E-state index contributed by atoms with van der Waals surface area (Å²) in [5, 5.41) is 2.92. The van der Waals surface area contributed by atoms with Crippen LogP contribution in [0.2, 0.25) is 0 Å². The van der Waals surface area contributed by atoms with Crippen molar-refractivity contribution in [1.29, 1.82) is 0 Å². The molecule has 1 heterocycles. The first kappa shape index (κ1) is 19.8. The van der Waals surface area contributed by atoms with Crippen LogP contribution in [0, 0.1) is 6.92 Å². The maximum Gasteiger partial charge on any atom is 0.340 e. The van der Waals surface area contributed by atoms with Crippen molar-refractivity contribution in [3.63, 3.8) is 0 Å². The highest BCUT2D eigenvalue weighted by Gasteiger charge is 2.21. The number of benzene rings is 2. The Morgan fingerprint density at radius 1 is 1.07 bits per heavy atom. The van der Waals surface area contributed by atoms with Gasteiger partial charge in [0.2, 0.25) is 17.7 Å². The first-order valence-electron chi connectivity index (χ1n) is 8.76. The molecule has 0 spiro atoms. The Balaban J connectivity index is 2.12. The number of aryl methyl sites for hydroxylation is 1. The predicted octanol–water partition coefficient (Wildman–Crippen LogP) is 3.79. The molecule has 0 fully saturated rings. The second kappa shape index (κ2) is 7.55. The molecule has 1 amide bonds. The highest BCUT2D eigenvalue weighted by atomic mass is 32.2. The Morgan fingerprint density at radius 2 is 1.75 bits per heavy atom. The van der Waals surface area contributed by atoms with Gasteiger partial charge in [-0.3, -0.25) is 10.1 Å². The number of nitrogens with zero attached hydrogens (tertiary/aromatic N) is 2. The van der Waals surface area contributed by atoms with Gasteiger partial charge >= 0.3 is 10.1 Å². The third-order valence-electron chi connectivity index (χ3n) is 4.14. The van der Waals surface area contributed by atoms with Crippen LogP contribution in [0.4, 0.5) is 5.95 Å². The lowest BCUT2D eigenvalue weighted by molar-refractivity contribution is -0.114. The zero-order chi connectivity index (χ0) is 20.5. The van der Waals surface area contributed by atoms with Crippen LogP contribution in [0.5, 0.6) is 5.88 Å². The second-order valence-electron chi connectivity index (χ2n) is 6.82. The summed E-state index contributed by atoms with van der Waals surface area (Å²) < 4.78 is 30.7. The van der Waals surface area contributed by atoms with Crippen LogP contribution in [-0.2, 0) is 14.9 Å². The van der Waals surface area contributed by atoms with E-state index >= 15 is 0 Å². The number of anilines is 1. The minimum Gasteiger partial charge on any atom is -0.357 e. The van der Waals surface area contributed by atoms with Gasteiger partial charge < -0.3 is 4.18 Å². The molecule has 2 aromatic carbocycles. The van der Waals surface area contributed by atoms with Gasteiger partial charge in [-0.15, -0.1) is 0 Å². The van der Waals surface area contributed by atoms with Gasteiger partial charge in [-0.1, -0.05) is 37.6 Å². The fraction of sp³-hybridized carbons (Fsp3) is 0.250. The lowest BCUT2D eigenvalue weighted by atomic mass is 10.0. The minimum atomic E-state index is -4.10. The third-order valence-corrected chi connectivity index (χ3v) is 5.37. The number of carbonyl (C=O) groups is 1. The van der Waals surface area contributed by atoms with Crippen LogP contribution in [0.3, 0.4) is 0 Å². The van der Waals surface area contributed by atoms with Gasteiger partial charge in [0, 0.05) is 6.92 Å². The molecular weight excluding hydrogens is 378 g/mol. The normalized spacial score (nSPS) is 11.6. The third kappa shape index (κ3) is 4.28. The van der Waals surface area contributed by atoms with Crippen molar-refractivity contribution in [2.45, 2.75) is 38.5 Å². The molecule has 8 heteroatoms. The number of carbonyl (C=O) groups excluding carboxylic acids is 1. The van der Waals surface area contributed by atoms with Crippen LogP contribution in [0.15, 0.2) is 47.4 Å². The van der Waals surface area contributed by atoms with E-state index in [1.807, 2.05) is 32.9 Å². The second-order valence-corrected chi connectivity index (χ2v) is 8.36. The number of amides is 1. The molecule has 0 saturated heterocycles. The lowest BCUT2D eigenvalue weighted by Crippen LogP contribution is -2.14. The maximum atomic E-state index is 12.7. The van der Waals surface area contributed by atoms with Crippen molar-refractivity contribution in [2.75, 3.05) is 5.32 Å². The highest BCUT2D eigenvalue weighted by Crippen LogP contribution is 2.29. The van der Waals surface area contributed by atoms with Gasteiger partial charge in [0.15, 0.2) is 0 Å². The summed E-state index contributed by atoms with van der Waals surface area (Å²) in [7, 11) is -4.10. The summed E-state index contributed by atoms with van der Waals surface area (Å²) >= 11 is 0. The Labute approximate surface area is 163 Å². The molecular formula is C20H21N3O4S. The van der Waals surface area contributed by atoms with E-state index in [4.69, 9.17) is 4.18 Å². The van der Waals surface area contributed by atoms with Gasteiger partial charge in [0.25, 0.3) is 0 Å². The van der Waals surface area contributed by atoms with Gasteiger partial charge in [-0.25, -0.2) is 4.98 Å². The van der Waals surface area contributed by atoms with Crippen LogP contribution in [-0.4, -0.2) is 24.3 Å². The molecule has 146 valence electrons. The van der Waals surface area contributed by atoms with Crippen molar-refractivity contribution in [3.8, 4) is 5.88 Å². The van der Waals surface area contributed by atoms with Crippen molar-refractivity contribution < 1.29 is 17.4 Å². The van der Waals surface area contributed by atoms with Crippen LogP contribution in [0.25, 0.3) is 10.9 Å². The summed E-state index contributed by atoms with van der Waals surface area (Å²) in [5.74, 6) is -0.268. The number of fused-ring (bicyclic) bond motifs is 1. The van der Waals surface area contributed by atoms with E-state index in [0.717, 1.165) is 11.1 Å². The van der Waals surface area contributed by atoms with E-state index in [1.165, 1.54) is 19.1 Å². The van der Waals surface area contributed by atoms with Crippen molar-refractivity contribution in [1.82, 2.24) is 9.97 Å². The SMILES string of the molecule is CC(=O)Nc1nc(OS(=O)(=O)c2ccc(C)cc2)c2ccc(C(C)C)cc2n1. The van der Waals surface area contributed by atoms with Crippen LogP contribution < -0.4 is 9.50 Å². The Bertz CT molecular complexity index is 1140. The molecule has 0 atom stereocenters. The number of nitrogens with one attached hydrogen (secondary N) is 1. The maximum absolute atomic E-state index is 12.7. The molecule has 1 N–H and O–H groups in total. The van der Waals surface area contributed by atoms with E-state index in [9.17, 15) is 13.2 Å². The Kier molecular flexibility index (Phi) is 5.33. The summed E-state index contributed by atoms with van der Waals surface area (Å²) in [6, 6.07) is 11.7. The van der Waals surface area contributed by atoms with Crippen LogP contribution >= 0.6 is 0 Å². The van der Waals surface area contributed by atoms with Gasteiger partial charge in [0.05, 0.1) is 10.9 Å². The fourth-order valence-corrected chi connectivity index (χ4v) is 3.51. The van der Waals surface area contributed by atoms with Crippen LogP contribution in [0.1, 0.15) is 37.8 Å². The Morgan fingerprint density at radius 3 is 2.36 bits per heavy atom. The predicted molar refractivity (Wildman–Crippen MR) is 107 cm³/mol. The molecule has 28 heavy (non-hydrogen) atoms. The molecule has 0 aliphatic rings. The average molecular weight is 399 g/mol. The summed E-state index contributed by atoms with van der Waals surface area (Å²) in [6.45, 7) is 7.26. The molecule has 1 aromatic heterocycles. The molecule has 0 aliphatic carbocycles. The van der Waals surface area contributed by atoms with E-state index in [0.29, 0.717) is 10.9 Å². The van der Waals surface area contributed by atoms with E-state index < -0.39 is 10.1 Å². The van der Waals surface area contributed by atoms with Crippen molar-refractivity contribution >= 4 is 32.9 Å². The molecule has 0 unspecified atom stereocenters. The number of rotatable bonds is 5. The first-order chi connectivity index (χ1) is 13.2. The average Bonchev–Trinajstić information content (AvgIpc) is 2.60. The van der Waals surface area contributed by atoms with Crippen molar-refractivity contribution in [3.05, 3.63) is 53.6 Å². The largest absolute Gasteiger partial charge is 0.357 e. The summed E-state index contributed by atoms with van der Waals surface area (Å²) in [6.07, 6.45) is 0. The van der Waals surface area contributed by atoms with Gasteiger partial charge in [-0.05, 0) is 42.7 Å². The summed E-state index contributed by atoms with van der Waals surface area (Å²) in [5.41, 5.74) is 2.44. The minimum absolute atomic E-state index is 0.0183. The monoisotopic (exact) mass is 399 g/mol. The lowest BCUT2D eigenvalue weighted by Gasteiger charge is -2.12. The quantitative estimate of drug-likeness (QED) is 0.656. The zero-order valence-corrected chi connectivity index (χ0v) is 16.9. The topological polar surface area (TPSA) is 98.2 Å². The number of hydrogen-bond acceptors (Lipinski definition) is 6. The van der Waals surface area contributed by atoms with E-state index in [-0.39, 0.29) is 28.5 Å².